The molecule has 1 saturated carbocycles. The number of unbranched alkanes of at least 4 members (excludes halogenated alkanes) is 3. The lowest BCUT2D eigenvalue weighted by Crippen LogP contribution is -2.54. The Morgan fingerprint density at radius 2 is 2.06 bits per heavy atom. The van der Waals surface area contributed by atoms with Crippen molar-refractivity contribution in [2.45, 2.75) is 76.8 Å². The maximum atomic E-state index is 6.09. The lowest BCUT2D eigenvalue weighted by molar-refractivity contribution is 0.0652. The fraction of sp³-hybridized carbons (Fsp3) is 1.00. The molecule has 0 spiro atoms. The summed E-state index contributed by atoms with van der Waals surface area (Å²) in [5.74, 6) is 0.988. The average Bonchev–Trinajstić information content (AvgIpc) is 2.96. The molecule has 100 valence electrons. The number of rotatable bonds is 7. The molecule has 2 heteroatoms. The van der Waals surface area contributed by atoms with E-state index in [1.807, 2.05) is 0 Å². The van der Waals surface area contributed by atoms with Crippen molar-refractivity contribution in [3.05, 3.63) is 0 Å². The average molecular weight is 238 g/mol. The quantitative estimate of drug-likeness (QED) is 0.690. The number of nitrogens with zero attached hydrogens (tertiary/aromatic N) is 1. The van der Waals surface area contributed by atoms with Gasteiger partial charge in [-0.2, -0.15) is 0 Å². The molecule has 2 bridgehead atoms. The molecule has 2 N–H and O–H groups in total. The van der Waals surface area contributed by atoms with Crippen LogP contribution in [0.3, 0.4) is 0 Å². The van der Waals surface area contributed by atoms with Crippen molar-refractivity contribution in [2.75, 3.05) is 13.1 Å². The highest BCUT2D eigenvalue weighted by Crippen LogP contribution is 2.42. The van der Waals surface area contributed by atoms with Crippen molar-refractivity contribution in [1.29, 1.82) is 0 Å². The zero-order valence-electron chi connectivity index (χ0n) is 11.8. The van der Waals surface area contributed by atoms with E-state index in [1.165, 1.54) is 57.9 Å². The van der Waals surface area contributed by atoms with Crippen LogP contribution < -0.4 is 5.73 Å². The van der Waals surface area contributed by atoms with E-state index in [9.17, 15) is 0 Å². The van der Waals surface area contributed by atoms with Crippen LogP contribution in [-0.4, -0.2) is 29.6 Å². The van der Waals surface area contributed by atoms with Crippen molar-refractivity contribution in [3.8, 4) is 0 Å². The third-order valence-corrected chi connectivity index (χ3v) is 5.11. The molecule has 3 atom stereocenters. The Hall–Kier alpha value is -0.0800. The van der Waals surface area contributed by atoms with Crippen molar-refractivity contribution >= 4 is 0 Å². The van der Waals surface area contributed by atoms with Crippen LogP contribution in [-0.2, 0) is 0 Å². The largest absolute Gasteiger partial charge is 0.329 e. The number of fused-ring (bicyclic) bond motifs is 2. The molecule has 1 aliphatic heterocycles. The van der Waals surface area contributed by atoms with Gasteiger partial charge >= 0.3 is 0 Å². The first-order chi connectivity index (χ1) is 8.19. The molecule has 17 heavy (non-hydrogen) atoms. The smallest absolute Gasteiger partial charge is 0.0306 e. The molecular weight excluding hydrogens is 208 g/mol. The van der Waals surface area contributed by atoms with Crippen molar-refractivity contribution in [1.82, 2.24) is 4.90 Å². The summed E-state index contributed by atoms with van der Waals surface area (Å²) < 4.78 is 0. The van der Waals surface area contributed by atoms with Gasteiger partial charge in [-0.3, -0.25) is 4.90 Å². The zero-order valence-corrected chi connectivity index (χ0v) is 11.8. The van der Waals surface area contributed by atoms with Gasteiger partial charge in [0.15, 0.2) is 0 Å². The number of piperidine rings is 1. The minimum Gasteiger partial charge on any atom is -0.329 e. The van der Waals surface area contributed by atoms with Gasteiger partial charge in [-0.15, -0.1) is 0 Å². The van der Waals surface area contributed by atoms with Crippen molar-refractivity contribution < 1.29 is 0 Å². The third-order valence-electron chi connectivity index (χ3n) is 5.11. The number of hydrogen-bond donors (Lipinski definition) is 1. The Labute approximate surface area is 107 Å². The summed E-state index contributed by atoms with van der Waals surface area (Å²) in [7, 11) is 0. The highest BCUT2D eigenvalue weighted by atomic mass is 15.3. The second-order valence-corrected chi connectivity index (χ2v) is 6.50. The molecule has 0 radical (unpaired) electrons. The molecule has 0 aromatic rings. The Balaban J connectivity index is 1.85. The maximum absolute atomic E-state index is 6.09. The van der Waals surface area contributed by atoms with Crippen molar-refractivity contribution in [2.24, 2.45) is 11.7 Å². The van der Waals surface area contributed by atoms with Crippen LogP contribution in [0.1, 0.15) is 65.2 Å². The SMILES string of the molecule is CCCCCCC(C)(CN)N1CC2CCC1C2. The summed E-state index contributed by atoms with van der Waals surface area (Å²) in [6, 6.07) is 0.861. The summed E-state index contributed by atoms with van der Waals surface area (Å²) in [6.07, 6.45) is 11.1. The van der Waals surface area contributed by atoms with Gasteiger partial charge < -0.3 is 5.73 Å². The third kappa shape index (κ3) is 2.85. The van der Waals surface area contributed by atoms with E-state index in [1.54, 1.807) is 0 Å². The van der Waals surface area contributed by atoms with E-state index in [0.717, 1.165) is 18.5 Å². The first kappa shape index (κ1) is 13.4. The molecular formula is C15H30N2. The Bertz CT molecular complexity index is 241. The van der Waals surface area contributed by atoms with Gasteiger partial charge in [0.05, 0.1) is 0 Å². The van der Waals surface area contributed by atoms with Crippen LogP contribution in [0.5, 0.6) is 0 Å². The van der Waals surface area contributed by atoms with Gasteiger partial charge in [0.2, 0.25) is 0 Å². The summed E-state index contributed by atoms with van der Waals surface area (Å²) in [5.41, 5.74) is 6.38. The van der Waals surface area contributed by atoms with Gasteiger partial charge in [-0.25, -0.2) is 0 Å². The highest BCUT2D eigenvalue weighted by Gasteiger charge is 2.45. The first-order valence-corrected chi connectivity index (χ1v) is 7.66. The molecule has 2 fully saturated rings. The predicted molar refractivity (Wildman–Crippen MR) is 74.1 cm³/mol. The summed E-state index contributed by atoms with van der Waals surface area (Å²) >= 11 is 0. The number of hydrogen-bond acceptors (Lipinski definition) is 2. The molecule has 2 rings (SSSR count). The van der Waals surface area contributed by atoms with Gasteiger partial charge in [0.25, 0.3) is 0 Å². The normalized spacial score (nSPS) is 31.9. The van der Waals surface area contributed by atoms with Gasteiger partial charge in [-0.05, 0) is 38.5 Å². The summed E-state index contributed by atoms with van der Waals surface area (Å²) in [4.78, 5) is 2.76. The van der Waals surface area contributed by atoms with Crippen LogP contribution in [0.2, 0.25) is 0 Å². The van der Waals surface area contributed by atoms with E-state index in [4.69, 9.17) is 5.73 Å². The molecule has 0 aromatic heterocycles. The molecule has 3 unspecified atom stereocenters. The molecule has 2 nitrogen and oxygen atoms in total. The fourth-order valence-electron chi connectivity index (χ4n) is 3.88. The second kappa shape index (κ2) is 5.71. The second-order valence-electron chi connectivity index (χ2n) is 6.50. The van der Waals surface area contributed by atoms with E-state index in [0.29, 0.717) is 0 Å². The fourth-order valence-corrected chi connectivity index (χ4v) is 3.88. The molecule has 1 saturated heterocycles. The lowest BCUT2D eigenvalue weighted by atomic mass is 9.90. The summed E-state index contributed by atoms with van der Waals surface area (Å²) in [6.45, 7) is 6.84. The van der Waals surface area contributed by atoms with Gasteiger partial charge in [0, 0.05) is 24.7 Å². The van der Waals surface area contributed by atoms with Crippen LogP contribution in [0.25, 0.3) is 0 Å². The zero-order chi connectivity index (χ0) is 12.3. The number of nitrogens with two attached hydrogens (primary N) is 1. The molecule has 1 aliphatic carbocycles. The molecule has 2 aliphatic rings. The Morgan fingerprint density at radius 3 is 2.59 bits per heavy atom. The van der Waals surface area contributed by atoms with Crippen LogP contribution in [0.15, 0.2) is 0 Å². The van der Waals surface area contributed by atoms with E-state index < -0.39 is 0 Å². The Kier molecular flexibility index (Phi) is 4.48. The van der Waals surface area contributed by atoms with E-state index >= 15 is 0 Å². The standard InChI is InChI=1S/C15H30N2/c1-3-4-5-6-9-15(2,12-16)17-11-13-7-8-14(17)10-13/h13-14H,3-12,16H2,1-2H3. The first-order valence-electron chi connectivity index (χ1n) is 7.66. The van der Waals surface area contributed by atoms with Gasteiger partial charge in [-0.1, -0.05) is 32.6 Å². The van der Waals surface area contributed by atoms with Crippen LogP contribution in [0.4, 0.5) is 0 Å². The number of likely N-dealkylation sites (tertiary alicyclic amines) is 1. The monoisotopic (exact) mass is 238 g/mol. The summed E-state index contributed by atoms with van der Waals surface area (Å²) in [5, 5.41) is 0. The lowest BCUT2D eigenvalue weighted by Gasteiger charge is -2.43. The highest BCUT2D eigenvalue weighted by molar-refractivity contribution is 5.00. The van der Waals surface area contributed by atoms with Crippen LogP contribution in [0, 0.1) is 5.92 Å². The molecule has 0 amide bonds. The van der Waals surface area contributed by atoms with E-state index in [2.05, 4.69) is 18.7 Å². The topological polar surface area (TPSA) is 29.3 Å². The predicted octanol–water partition coefficient (Wildman–Crippen LogP) is 3.16. The minimum absolute atomic E-state index is 0.285. The van der Waals surface area contributed by atoms with E-state index in [-0.39, 0.29) is 5.54 Å². The molecule has 0 aromatic carbocycles. The van der Waals surface area contributed by atoms with Crippen molar-refractivity contribution in [3.63, 3.8) is 0 Å². The minimum atomic E-state index is 0.285. The maximum Gasteiger partial charge on any atom is 0.0306 e. The molecule has 1 heterocycles. The van der Waals surface area contributed by atoms with Crippen LogP contribution >= 0.6 is 0 Å². The van der Waals surface area contributed by atoms with Gasteiger partial charge in [0.1, 0.15) is 0 Å². The Morgan fingerprint density at radius 1 is 1.24 bits per heavy atom.